The van der Waals surface area contributed by atoms with E-state index in [0.717, 1.165) is 11.3 Å². The first kappa shape index (κ1) is 14.1. The van der Waals surface area contributed by atoms with Crippen molar-refractivity contribution in [1.82, 2.24) is 10.6 Å². The van der Waals surface area contributed by atoms with Gasteiger partial charge in [-0.1, -0.05) is 37.6 Å². The Hall–Kier alpha value is -1.81. The Morgan fingerprint density at radius 3 is 2.48 bits per heavy atom. The Kier molecular flexibility index (Phi) is 3.29. The van der Waals surface area contributed by atoms with Gasteiger partial charge in [0.25, 0.3) is 0 Å². The lowest BCUT2D eigenvalue weighted by atomic mass is 9.73. The number of hydrogen-bond acceptors (Lipinski definition) is 2. The highest BCUT2D eigenvalue weighted by Crippen LogP contribution is 2.41. The second kappa shape index (κ2) is 4.88. The molecular weight excluding hydrogens is 288 g/mol. The van der Waals surface area contributed by atoms with Crippen LogP contribution < -0.4 is 10.6 Å². The highest BCUT2D eigenvalue weighted by molar-refractivity contribution is 6.30. The van der Waals surface area contributed by atoms with Crippen molar-refractivity contribution in [3.8, 4) is 0 Å². The zero-order valence-electron chi connectivity index (χ0n) is 12.0. The van der Waals surface area contributed by atoms with Crippen molar-refractivity contribution in [2.24, 2.45) is 5.41 Å². The Morgan fingerprint density at radius 2 is 1.81 bits per heavy atom. The van der Waals surface area contributed by atoms with Gasteiger partial charge in [-0.05, 0) is 29.5 Å². The highest BCUT2D eigenvalue weighted by atomic mass is 35.5. The van der Waals surface area contributed by atoms with Crippen LogP contribution in [0.3, 0.4) is 0 Å². The van der Waals surface area contributed by atoms with E-state index in [1.165, 1.54) is 0 Å². The molecule has 1 aromatic carbocycles. The number of carbonyl (C=O) groups excluding carboxylic acids is 2. The van der Waals surface area contributed by atoms with Crippen molar-refractivity contribution < 1.29 is 9.59 Å². The number of allylic oxidation sites excluding steroid dienone is 1. The van der Waals surface area contributed by atoms with Crippen LogP contribution in [0.5, 0.6) is 0 Å². The Bertz CT molecular complexity index is 647. The van der Waals surface area contributed by atoms with Crippen LogP contribution in [-0.2, 0) is 4.79 Å². The fraction of sp³-hybridized carbons (Fsp3) is 0.375. The normalized spacial score (nSPS) is 24.2. The number of Topliss-reactive ketones (excluding diaryl/α,β-unsaturated/α-hetero) is 1. The van der Waals surface area contributed by atoms with E-state index in [-0.39, 0.29) is 17.2 Å². The number of amides is 2. The van der Waals surface area contributed by atoms with E-state index in [1.807, 2.05) is 26.0 Å². The standard InChI is InChI=1S/C16H17ClN2O2/c1-16(2)7-11-13(12(20)8-16)14(19-15(21)18-11)9-3-5-10(17)6-4-9/h3-6,14H,7-8H2,1-2H3,(H2,18,19,21)/t14-/m0/s1. The molecule has 0 spiro atoms. The first-order valence-corrected chi connectivity index (χ1v) is 7.33. The van der Waals surface area contributed by atoms with E-state index in [2.05, 4.69) is 10.6 Å². The van der Waals surface area contributed by atoms with Gasteiger partial charge in [0.15, 0.2) is 5.78 Å². The van der Waals surface area contributed by atoms with E-state index in [4.69, 9.17) is 11.6 Å². The third-order valence-electron chi connectivity index (χ3n) is 3.95. The third kappa shape index (κ3) is 2.68. The Labute approximate surface area is 128 Å². The van der Waals surface area contributed by atoms with Gasteiger partial charge in [0.1, 0.15) is 0 Å². The molecule has 0 saturated heterocycles. The van der Waals surface area contributed by atoms with E-state index in [1.54, 1.807) is 12.1 Å². The summed E-state index contributed by atoms with van der Waals surface area (Å²) in [6, 6.07) is 6.56. The fourth-order valence-corrected chi connectivity index (χ4v) is 3.19. The summed E-state index contributed by atoms with van der Waals surface area (Å²) in [7, 11) is 0. The summed E-state index contributed by atoms with van der Waals surface area (Å²) >= 11 is 5.90. The maximum atomic E-state index is 12.5. The Balaban J connectivity index is 2.06. The number of hydrogen-bond donors (Lipinski definition) is 2. The van der Waals surface area contributed by atoms with Gasteiger partial charge in [-0.15, -0.1) is 0 Å². The van der Waals surface area contributed by atoms with E-state index >= 15 is 0 Å². The minimum absolute atomic E-state index is 0.0914. The molecule has 0 unspecified atom stereocenters. The van der Waals surface area contributed by atoms with Crippen LogP contribution in [0, 0.1) is 5.41 Å². The van der Waals surface area contributed by atoms with E-state index < -0.39 is 6.04 Å². The van der Waals surface area contributed by atoms with Gasteiger partial charge < -0.3 is 10.6 Å². The van der Waals surface area contributed by atoms with E-state index in [0.29, 0.717) is 23.4 Å². The molecule has 4 nitrogen and oxygen atoms in total. The van der Waals surface area contributed by atoms with Crippen molar-refractivity contribution >= 4 is 23.4 Å². The van der Waals surface area contributed by atoms with Crippen molar-refractivity contribution in [2.75, 3.05) is 0 Å². The number of halogens is 1. The van der Waals surface area contributed by atoms with E-state index in [9.17, 15) is 9.59 Å². The van der Waals surface area contributed by atoms with Gasteiger partial charge in [0.05, 0.1) is 6.04 Å². The van der Waals surface area contributed by atoms with Gasteiger partial charge >= 0.3 is 6.03 Å². The van der Waals surface area contributed by atoms with Crippen LogP contribution in [0.1, 0.15) is 38.3 Å². The molecule has 21 heavy (non-hydrogen) atoms. The molecule has 1 aromatic rings. The lowest BCUT2D eigenvalue weighted by Crippen LogP contribution is -2.48. The van der Waals surface area contributed by atoms with Gasteiger partial charge in [-0.3, -0.25) is 4.79 Å². The molecule has 1 aliphatic carbocycles. The topological polar surface area (TPSA) is 58.2 Å². The molecular formula is C16H17ClN2O2. The monoisotopic (exact) mass is 304 g/mol. The average molecular weight is 305 g/mol. The summed E-state index contributed by atoms with van der Waals surface area (Å²) in [6.07, 6.45) is 1.19. The number of ketones is 1. The predicted octanol–water partition coefficient (Wildman–Crippen LogP) is 3.34. The summed E-state index contributed by atoms with van der Waals surface area (Å²) in [5.41, 5.74) is 2.18. The van der Waals surface area contributed by atoms with Crippen molar-refractivity contribution in [1.29, 1.82) is 0 Å². The van der Waals surface area contributed by atoms with Gasteiger partial charge in [0, 0.05) is 22.7 Å². The zero-order chi connectivity index (χ0) is 15.2. The summed E-state index contributed by atoms with van der Waals surface area (Å²) in [4.78, 5) is 24.4. The Morgan fingerprint density at radius 1 is 1.14 bits per heavy atom. The number of urea groups is 1. The van der Waals surface area contributed by atoms with Crippen LogP contribution >= 0.6 is 11.6 Å². The van der Waals surface area contributed by atoms with Crippen LogP contribution in [0.2, 0.25) is 5.02 Å². The number of rotatable bonds is 1. The van der Waals surface area contributed by atoms with Crippen LogP contribution in [-0.4, -0.2) is 11.8 Å². The smallest absolute Gasteiger partial charge is 0.319 e. The lowest BCUT2D eigenvalue weighted by Gasteiger charge is -2.38. The van der Waals surface area contributed by atoms with Crippen molar-refractivity contribution in [3.05, 3.63) is 46.1 Å². The van der Waals surface area contributed by atoms with Crippen LogP contribution in [0.25, 0.3) is 0 Å². The SMILES string of the molecule is CC1(C)CC(=O)C2=C(C1)NC(=O)N[C@H]2c1ccc(Cl)cc1. The minimum Gasteiger partial charge on any atom is -0.327 e. The summed E-state index contributed by atoms with van der Waals surface area (Å²) in [5.74, 6) is 0.0914. The molecule has 0 bridgehead atoms. The number of nitrogens with one attached hydrogen (secondary N) is 2. The molecule has 2 N–H and O–H groups in total. The molecule has 3 rings (SSSR count). The first-order chi connectivity index (χ1) is 9.85. The molecule has 2 amide bonds. The zero-order valence-corrected chi connectivity index (χ0v) is 12.8. The minimum atomic E-state index is -0.394. The molecule has 110 valence electrons. The number of benzene rings is 1. The molecule has 0 fully saturated rings. The lowest BCUT2D eigenvalue weighted by molar-refractivity contribution is -0.118. The molecule has 2 aliphatic rings. The van der Waals surface area contributed by atoms with Crippen molar-refractivity contribution in [2.45, 2.75) is 32.7 Å². The fourth-order valence-electron chi connectivity index (χ4n) is 3.06. The van der Waals surface area contributed by atoms with Crippen LogP contribution in [0.4, 0.5) is 4.79 Å². The second-order valence-corrected chi connectivity index (χ2v) is 6.85. The van der Waals surface area contributed by atoms with Crippen LogP contribution in [0.15, 0.2) is 35.5 Å². The molecule has 1 atom stereocenters. The highest BCUT2D eigenvalue weighted by Gasteiger charge is 2.40. The predicted molar refractivity (Wildman–Crippen MR) is 80.9 cm³/mol. The van der Waals surface area contributed by atoms with Gasteiger partial charge in [-0.2, -0.15) is 0 Å². The molecule has 0 radical (unpaired) electrons. The molecule has 0 aromatic heterocycles. The number of carbonyl (C=O) groups is 2. The summed E-state index contributed by atoms with van der Waals surface area (Å²) in [5, 5.41) is 6.26. The molecule has 1 heterocycles. The quantitative estimate of drug-likeness (QED) is 0.836. The summed E-state index contributed by atoms with van der Waals surface area (Å²) in [6.45, 7) is 4.08. The molecule has 5 heteroatoms. The maximum absolute atomic E-state index is 12.5. The van der Waals surface area contributed by atoms with Gasteiger partial charge in [0.2, 0.25) is 0 Å². The summed E-state index contributed by atoms with van der Waals surface area (Å²) < 4.78 is 0. The van der Waals surface area contributed by atoms with Gasteiger partial charge in [-0.25, -0.2) is 4.79 Å². The van der Waals surface area contributed by atoms with Crippen molar-refractivity contribution in [3.63, 3.8) is 0 Å². The first-order valence-electron chi connectivity index (χ1n) is 6.95. The molecule has 1 aliphatic heterocycles. The average Bonchev–Trinajstić information content (AvgIpc) is 2.36. The third-order valence-corrected chi connectivity index (χ3v) is 4.20. The molecule has 0 saturated carbocycles. The maximum Gasteiger partial charge on any atom is 0.319 e. The largest absolute Gasteiger partial charge is 0.327 e. The second-order valence-electron chi connectivity index (χ2n) is 6.42.